The van der Waals surface area contributed by atoms with E-state index in [4.69, 9.17) is 0 Å². The first-order chi connectivity index (χ1) is 3.27. The van der Waals surface area contributed by atoms with Gasteiger partial charge in [-0.15, -0.1) is 0 Å². The molecule has 0 amide bonds. The molecule has 0 fully saturated rings. The van der Waals surface area contributed by atoms with Gasteiger partial charge in [0.2, 0.25) is 0 Å². The average molecular weight is 159 g/mol. The fourth-order valence-corrected chi connectivity index (χ4v) is 0.553. The standard InChI is InChI=1S/C7H15.ClH.Mg/c1-4-5-6-7(2)3;;/h7H,2,4-6H2,1,3H3;1H;/q-1;;+2/p-1/t7-;;/m1../s1. The Morgan fingerprint density at radius 3 is 2.00 bits per heavy atom. The van der Waals surface area contributed by atoms with Crippen molar-refractivity contribution < 1.29 is 12.4 Å². The van der Waals surface area contributed by atoms with Crippen LogP contribution < -0.4 is 12.4 Å². The molecule has 0 aromatic carbocycles. The minimum Gasteiger partial charge on any atom is -1.00 e. The molecule has 0 spiro atoms. The number of hydrogen-bond donors (Lipinski definition) is 0. The molecule has 2 heteroatoms. The van der Waals surface area contributed by atoms with Gasteiger partial charge in [-0.25, -0.2) is 0 Å². The first-order valence-electron chi connectivity index (χ1n) is 3.10. The normalized spacial score (nSPS) is 11.0. The van der Waals surface area contributed by atoms with Gasteiger partial charge in [0.25, 0.3) is 0 Å². The minimum atomic E-state index is 0. The van der Waals surface area contributed by atoms with Gasteiger partial charge in [0.15, 0.2) is 0 Å². The summed E-state index contributed by atoms with van der Waals surface area (Å²) in [6, 6.07) is 0. The van der Waals surface area contributed by atoms with Gasteiger partial charge in [-0.3, -0.25) is 0 Å². The largest absolute Gasteiger partial charge is 2.00 e. The smallest absolute Gasteiger partial charge is 1.00 e. The van der Waals surface area contributed by atoms with E-state index in [1.54, 1.807) is 0 Å². The van der Waals surface area contributed by atoms with E-state index in [-0.39, 0.29) is 35.5 Å². The molecule has 0 aromatic heterocycles. The van der Waals surface area contributed by atoms with Gasteiger partial charge in [-0.1, -0.05) is 33.1 Å². The van der Waals surface area contributed by atoms with Gasteiger partial charge in [0, 0.05) is 0 Å². The summed E-state index contributed by atoms with van der Waals surface area (Å²) < 4.78 is 0. The van der Waals surface area contributed by atoms with Crippen molar-refractivity contribution in [1.82, 2.24) is 0 Å². The van der Waals surface area contributed by atoms with Gasteiger partial charge in [-0.05, 0) is 0 Å². The van der Waals surface area contributed by atoms with E-state index < -0.39 is 0 Å². The van der Waals surface area contributed by atoms with Gasteiger partial charge in [-0.2, -0.15) is 5.92 Å². The Morgan fingerprint density at radius 2 is 1.89 bits per heavy atom. The summed E-state index contributed by atoms with van der Waals surface area (Å²) in [4.78, 5) is 0. The number of unbranched alkanes of at least 4 members (excludes halogenated alkanes) is 1. The van der Waals surface area contributed by atoms with Gasteiger partial charge >= 0.3 is 23.1 Å². The molecule has 0 saturated heterocycles. The zero-order valence-corrected chi connectivity index (χ0v) is 8.66. The molecule has 0 rings (SSSR count). The molecule has 0 radical (unpaired) electrons. The Balaban J connectivity index is -0.000000180. The molecule has 0 aliphatic rings. The van der Waals surface area contributed by atoms with Crippen molar-refractivity contribution in [3.8, 4) is 0 Å². The maximum Gasteiger partial charge on any atom is 2.00 e. The third-order valence-corrected chi connectivity index (χ3v) is 1.05. The van der Waals surface area contributed by atoms with Crippen molar-refractivity contribution in [2.75, 3.05) is 0 Å². The minimum absolute atomic E-state index is 0. The van der Waals surface area contributed by atoms with Crippen LogP contribution in [0.2, 0.25) is 0 Å². The Kier molecular flexibility index (Phi) is 21.7. The van der Waals surface area contributed by atoms with Crippen LogP contribution in [0.5, 0.6) is 0 Å². The van der Waals surface area contributed by atoms with E-state index in [1.807, 2.05) is 0 Å². The fourth-order valence-electron chi connectivity index (χ4n) is 0.553. The summed E-state index contributed by atoms with van der Waals surface area (Å²) >= 11 is 0. The molecular weight excluding hydrogens is 144 g/mol. The summed E-state index contributed by atoms with van der Waals surface area (Å²) in [7, 11) is 0. The molecule has 9 heavy (non-hydrogen) atoms. The van der Waals surface area contributed by atoms with Crippen LogP contribution in [-0.2, 0) is 0 Å². The van der Waals surface area contributed by atoms with Crippen LogP contribution in [-0.4, -0.2) is 23.1 Å². The van der Waals surface area contributed by atoms with Crippen LogP contribution in [0.1, 0.15) is 33.1 Å². The average Bonchev–Trinajstić information content (AvgIpc) is 1.61. The van der Waals surface area contributed by atoms with Gasteiger partial charge < -0.3 is 19.3 Å². The zero-order chi connectivity index (χ0) is 5.70. The molecule has 52 valence electrons. The maximum absolute atomic E-state index is 3.88. The Bertz CT molecular complexity index is 37.9. The van der Waals surface area contributed by atoms with Crippen molar-refractivity contribution >= 4 is 23.1 Å². The van der Waals surface area contributed by atoms with Crippen LogP contribution in [0.25, 0.3) is 0 Å². The summed E-state index contributed by atoms with van der Waals surface area (Å²) in [6.45, 7) is 8.25. The fraction of sp³-hybridized carbons (Fsp3) is 0.857. The van der Waals surface area contributed by atoms with E-state index in [9.17, 15) is 0 Å². The molecule has 0 aliphatic carbocycles. The van der Waals surface area contributed by atoms with Gasteiger partial charge in [0.05, 0.1) is 0 Å². The van der Waals surface area contributed by atoms with Crippen molar-refractivity contribution in [2.24, 2.45) is 5.92 Å². The monoisotopic (exact) mass is 158 g/mol. The van der Waals surface area contributed by atoms with Crippen LogP contribution >= 0.6 is 0 Å². The van der Waals surface area contributed by atoms with E-state index in [1.165, 1.54) is 19.3 Å². The number of rotatable bonds is 3. The summed E-state index contributed by atoms with van der Waals surface area (Å²) in [6.07, 6.45) is 3.93. The quantitative estimate of drug-likeness (QED) is 0.376. The predicted molar refractivity (Wildman–Crippen MR) is 39.8 cm³/mol. The summed E-state index contributed by atoms with van der Waals surface area (Å²) in [5.41, 5.74) is 0. The summed E-state index contributed by atoms with van der Waals surface area (Å²) in [5.74, 6) is 0.653. The number of halogens is 1. The van der Waals surface area contributed by atoms with Crippen LogP contribution in [0.3, 0.4) is 0 Å². The molecule has 0 heterocycles. The number of hydrogen-bond acceptors (Lipinski definition) is 0. The third-order valence-electron chi connectivity index (χ3n) is 1.05. The molecule has 0 nitrogen and oxygen atoms in total. The van der Waals surface area contributed by atoms with Crippen LogP contribution in [0.4, 0.5) is 0 Å². The summed E-state index contributed by atoms with van der Waals surface area (Å²) in [5, 5.41) is 0. The zero-order valence-electron chi connectivity index (χ0n) is 6.49. The third kappa shape index (κ3) is 17.6. The first-order valence-corrected chi connectivity index (χ1v) is 3.10. The molecule has 0 aromatic rings. The van der Waals surface area contributed by atoms with Crippen molar-refractivity contribution in [1.29, 1.82) is 0 Å². The maximum atomic E-state index is 3.88. The predicted octanol–water partition coefficient (Wildman–Crippen LogP) is -0.730. The van der Waals surface area contributed by atoms with E-state index in [0.717, 1.165) is 0 Å². The first kappa shape index (κ1) is 16.6. The Labute approximate surface area is 81.4 Å². The van der Waals surface area contributed by atoms with Crippen molar-refractivity contribution in [3.05, 3.63) is 6.92 Å². The van der Waals surface area contributed by atoms with Crippen molar-refractivity contribution in [3.63, 3.8) is 0 Å². The van der Waals surface area contributed by atoms with Crippen LogP contribution in [0.15, 0.2) is 0 Å². The van der Waals surface area contributed by atoms with E-state index >= 15 is 0 Å². The molecule has 0 bridgehead atoms. The second kappa shape index (κ2) is 11.8. The second-order valence-corrected chi connectivity index (χ2v) is 2.25. The molecule has 0 unspecified atom stereocenters. The van der Waals surface area contributed by atoms with Gasteiger partial charge in [0.1, 0.15) is 0 Å². The Morgan fingerprint density at radius 1 is 1.44 bits per heavy atom. The Hall–Kier alpha value is 1.06. The SMILES string of the molecule is [CH2-][C@H](C)CCCC.[Cl-].[Mg+2]. The van der Waals surface area contributed by atoms with E-state index in [2.05, 4.69) is 20.8 Å². The molecule has 1 atom stereocenters. The second-order valence-electron chi connectivity index (χ2n) is 2.25. The molecular formula is C7H15ClMg. The molecule has 0 aliphatic heterocycles. The molecule has 0 saturated carbocycles. The molecule has 0 N–H and O–H groups in total. The topological polar surface area (TPSA) is 0 Å². The van der Waals surface area contributed by atoms with E-state index in [0.29, 0.717) is 5.92 Å². The van der Waals surface area contributed by atoms with Crippen molar-refractivity contribution in [2.45, 2.75) is 33.1 Å². The van der Waals surface area contributed by atoms with Crippen LogP contribution in [0, 0.1) is 12.8 Å².